The van der Waals surface area contributed by atoms with Gasteiger partial charge in [0.15, 0.2) is 0 Å². The van der Waals surface area contributed by atoms with Crippen LogP contribution >= 0.6 is 0 Å². The molecule has 0 radical (unpaired) electrons. The van der Waals surface area contributed by atoms with Gasteiger partial charge in [-0.15, -0.1) is 0 Å². The number of amides is 1. The van der Waals surface area contributed by atoms with Gasteiger partial charge in [0, 0.05) is 5.69 Å². The fourth-order valence-corrected chi connectivity index (χ4v) is 2.07. The van der Waals surface area contributed by atoms with E-state index in [2.05, 4.69) is 15.0 Å². The van der Waals surface area contributed by atoms with E-state index in [4.69, 9.17) is 0 Å². The Kier molecular flexibility index (Phi) is 5.10. The Bertz CT molecular complexity index is 759. The van der Waals surface area contributed by atoms with Gasteiger partial charge in [0.2, 0.25) is 0 Å². The van der Waals surface area contributed by atoms with Gasteiger partial charge in [0.25, 0.3) is 11.5 Å². The minimum atomic E-state index is -2.92. The van der Waals surface area contributed by atoms with E-state index >= 15 is 0 Å². The first-order chi connectivity index (χ1) is 10.9. The van der Waals surface area contributed by atoms with Crippen molar-refractivity contribution in [3.8, 4) is 5.75 Å². The Balaban J connectivity index is 2.13. The fourth-order valence-electron chi connectivity index (χ4n) is 2.07. The molecule has 23 heavy (non-hydrogen) atoms. The van der Waals surface area contributed by atoms with Crippen LogP contribution < -0.4 is 15.6 Å². The molecule has 5 nitrogen and oxygen atoms in total. The van der Waals surface area contributed by atoms with Gasteiger partial charge in [-0.2, -0.15) is 8.78 Å². The molecule has 1 aromatic carbocycles. The van der Waals surface area contributed by atoms with Crippen LogP contribution in [0.15, 0.2) is 41.2 Å². The molecular formula is C16H16F2N2O3. The molecule has 7 heteroatoms. The third-order valence-electron chi connectivity index (χ3n) is 3.23. The summed E-state index contributed by atoms with van der Waals surface area (Å²) >= 11 is 0. The third-order valence-corrected chi connectivity index (χ3v) is 3.23. The first kappa shape index (κ1) is 16.7. The Morgan fingerprint density at radius 3 is 2.65 bits per heavy atom. The van der Waals surface area contributed by atoms with E-state index in [0.29, 0.717) is 11.3 Å². The van der Waals surface area contributed by atoms with Crippen LogP contribution in [0.25, 0.3) is 0 Å². The number of aromatic amines is 1. The van der Waals surface area contributed by atoms with E-state index in [1.165, 1.54) is 18.2 Å². The quantitative estimate of drug-likeness (QED) is 0.889. The zero-order chi connectivity index (χ0) is 17.0. The number of ether oxygens (including phenoxy) is 1. The first-order valence-electron chi connectivity index (χ1n) is 6.92. The third kappa shape index (κ3) is 4.38. The number of pyridine rings is 1. The van der Waals surface area contributed by atoms with E-state index in [0.717, 1.165) is 0 Å². The van der Waals surface area contributed by atoms with Gasteiger partial charge in [-0.05, 0) is 43.7 Å². The second kappa shape index (κ2) is 7.04. The highest BCUT2D eigenvalue weighted by atomic mass is 19.3. The molecule has 1 aromatic heterocycles. The predicted octanol–water partition coefficient (Wildman–Crippen LogP) is 2.78. The highest BCUT2D eigenvalue weighted by molar-refractivity contribution is 5.94. The van der Waals surface area contributed by atoms with Crippen LogP contribution in [0.4, 0.5) is 8.78 Å². The highest BCUT2D eigenvalue weighted by Gasteiger charge is 2.15. The Morgan fingerprint density at radius 2 is 2.00 bits per heavy atom. The summed E-state index contributed by atoms with van der Waals surface area (Å²) in [6, 6.07) is 8.61. The minimum absolute atomic E-state index is 0.00628. The second-order valence-electron chi connectivity index (χ2n) is 5.03. The van der Waals surface area contributed by atoms with Crippen LogP contribution in [0.3, 0.4) is 0 Å². The number of hydrogen-bond donors (Lipinski definition) is 2. The number of hydrogen-bond acceptors (Lipinski definition) is 3. The normalized spacial score (nSPS) is 12.0. The molecule has 1 unspecified atom stereocenters. The van der Waals surface area contributed by atoms with Crippen molar-refractivity contribution < 1.29 is 18.3 Å². The van der Waals surface area contributed by atoms with Crippen LogP contribution in [0, 0.1) is 6.92 Å². The lowest BCUT2D eigenvalue weighted by Crippen LogP contribution is -2.31. The Hall–Kier alpha value is -2.70. The number of nitrogens with one attached hydrogen (secondary N) is 2. The summed E-state index contributed by atoms with van der Waals surface area (Å²) in [4.78, 5) is 26.4. The molecule has 2 N–H and O–H groups in total. The number of aryl methyl sites for hydroxylation is 1. The standard InChI is InChI=1S/C16H16F2N2O3/c1-9-6-7-13(14(21)19-9)15(22)20-10(2)11-4-3-5-12(8-11)23-16(17)18/h3-8,10,16H,1-2H3,(H,19,21)(H,20,22). The minimum Gasteiger partial charge on any atom is -0.435 e. The van der Waals surface area contributed by atoms with Gasteiger partial charge in [0.05, 0.1) is 6.04 Å². The molecule has 0 aliphatic rings. The number of H-pyrrole nitrogens is 1. The lowest BCUT2D eigenvalue weighted by Gasteiger charge is -2.15. The highest BCUT2D eigenvalue weighted by Crippen LogP contribution is 2.20. The maximum atomic E-state index is 12.2. The molecule has 1 amide bonds. The zero-order valence-corrected chi connectivity index (χ0v) is 12.6. The van der Waals surface area contributed by atoms with Crippen LogP contribution in [-0.2, 0) is 0 Å². The van der Waals surface area contributed by atoms with Gasteiger partial charge < -0.3 is 15.0 Å². The van der Waals surface area contributed by atoms with Crippen LogP contribution in [0.5, 0.6) is 5.75 Å². The van der Waals surface area contributed by atoms with E-state index in [1.54, 1.807) is 32.0 Å². The maximum absolute atomic E-state index is 12.2. The molecule has 1 heterocycles. The molecule has 0 aliphatic heterocycles. The summed E-state index contributed by atoms with van der Waals surface area (Å²) in [7, 11) is 0. The van der Waals surface area contributed by atoms with Crippen molar-refractivity contribution in [3.63, 3.8) is 0 Å². The number of carbonyl (C=O) groups excluding carboxylic acids is 1. The molecular weight excluding hydrogens is 306 g/mol. The average molecular weight is 322 g/mol. The summed E-state index contributed by atoms with van der Waals surface area (Å²) < 4.78 is 28.8. The van der Waals surface area contributed by atoms with Gasteiger partial charge in [-0.1, -0.05) is 12.1 Å². The number of alkyl halides is 2. The van der Waals surface area contributed by atoms with Crippen molar-refractivity contribution in [2.24, 2.45) is 0 Å². The SMILES string of the molecule is Cc1ccc(C(=O)NC(C)c2cccc(OC(F)F)c2)c(=O)[nH]1. The molecule has 0 saturated carbocycles. The predicted molar refractivity (Wildman–Crippen MR) is 80.8 cm³/mol. The molecule has 0 aliphatic carbocycles. The molecule has 0 bridgehead atoms. The molecule has 1 atom stereocenters. The summed E-state index contributed by atoms with van der Waals surface area (Å²) in [6.45, 7) is 0.475. The van der Waals surface area contributed by atoms with Crippen molar-refractivity contribution in [3.05, 3.63) is 63.6 Å². The summed E-state index contributed by atoms with van der Waals surface area (Å²) in [6.07, 6.45) is 0. The first-order valence-corrected chi connectivity index (χ1v) is 6.92. The fraction of sp³-hybridized carbons (Fsp3) is 0.250. The van der Waals surface area contributed by atoms with Crippen molar-refractivity contribution in [2.75, 3.05) is 0 Å². The number of rotatable bonds is 5. The number of aromatic nitrogens is 1. The zero-order valence-electron chi connectivity index (χ0n) is 12.6. The second-order valence-corrected chi connectivity index (χ2v) is 5.03. The smallest absolute Gasteiger partial charge is 0.387 e. The molecule has 0 saturated heterocycles. The Labute approximate surface area is 131 Å². The van der Waals surface area contributed by atoms with Crippen LogP contribution in [0.1, 0.15) is 34.6 Å². The van der Waals surface area contributed by atoms with Gasteiger partial charge >= 0.3 is 6.61 Å². The molecule has 122 valence electrons. The number of benzene rings is 1. The van der Waals surface area contributed by atoms with Gasteiger partial charge in [-0.3, -0.25) is 9.59 Å². The van der Waals surface area contributed by atoms with Crippen molar-refractivity contribution in [1.29, 1.82) is 0 Å². The summed E-state index contributed by atoms with van der Waals surface area (Å²) in [5.41, 5.74) is 0.739. The molecule has 0 fully saturated rings. The van der Waals surface area contributed by atoms with E-state index in [1.807, 2.05) is 0 Å². The van der Waals surface area contributed by atoms with E-state index in [-0.39, 0.29) is 11.3 Å². The van der Waals surface area contributed by atoms with Crippen molar-refractivity contribution in [2.45, 2.75) is 26.5 Å². The van der Waals surface area contributed by atoms with Crippen molar-refractivity contribution in [1.82, 2.24) is 10.3 Å². The molecule has 0 spiro atoms. The van der Waals surface area contributed by atoms with Gasteiger partial charge in [0.1, 0.15) is 11.3 Å². The van der Waals surface area contributed by atoms with Gasteiger partial charge in [-0.25, -0.2) is 0 Å². The van der Waals surface area contributed by atoms with Crippen molar-refractivity contribution >= 4 is 5.91 Å². The monoisotopic (exact) mass is 322 g/mol. The molecule has 2 aromatic rings. The van der Waals surface area contributed by atoms with E-state index < -0.39 is 24.1 Å². The lowest BCUT2D eigenvalue weighted by atomic mass is 10.1. The lowest BCUT2D eigenvalue weighted by molar-refractivity contribution is -0.0499. The summed E-state index contributed by atoms with van der Waals surface area (Å²) in [5.74, 6) is -0.536. The van der Waals surface area contributed by atoms with Crippen LogP contribution in [0.2, 0.25) is 0 Å². The summed E-state index contributed by atoms with van der Waals surface area (Å²) in [5, 5.41) is 2.65. The van der Waals surface area contributed by atoms with E-state index in [9.17, 15) is 18.4 Å². The maximum Gasteiger partial charge on any atom is 0.387 e. The number of halogens is 2. The number of carbonyl (C=O) groups is 1. The van der Waals surface area contributed by atoms with Crippen LogP contribution in [-0.4, -0.2) is 17.5 Å². The Morgan fingerprint density at radius 1 is 1.26 bits per heavy atom. The molecule has 2 rings (SSSR count). The average Bonchev–Trinajstić information content (AvgIpc) is 2.46. The topological polar surface area (TPSA) is 71.2 Å². The largest absolute Gasteiger partial charge is 0.435 e.